The van der Waals surface area contributed by atoms with Crippen LogP contribution in [0.2, 0.25) is 0 Å². The molecule has 0 aliphatic heterocycles. The van der Waals surface area contributed by atoms with E-state index >= 15 is 0 Å². The van der Waals surface area contributed by atoms with Crippen molar-refractivity contribution in [1.29, 1.82) is 0 Å². The molecule has 2 rings (SSSR count). The summed E-state index contributed by atoms with van der Waals surface area (Å²) in [6.45, 7) is 7.46. The highest BCUT2D eigenvalue weighted by Gasteiger charge is 2.25. The molecule has 0 bridgehead atoms. The molecule has 10 nitrogen and oxygen atoms in total. The van der Waals surface area contributed by atoms with E-state index in [1.807, 2.05) is 60.7 Å². The lowest BCUT2D eigenvalue weighted by atomic mass is 9.99. The number of esters is 1. The second-order valence-corrected chi connectivity index (χ2v) is 9.19. The van der Waals surface area contributed by atoms with Gasteiger partial charge in [-0.3, -0.25) is 9.59 Å². The van der Waals surface area contributed by atoms with Gasteiger partial charge in [0.2, 0.25) is 11.8 Å². The average molecular weight is 566 g/mol. The maximum atomic E-state index is 13.0. The first-order valence-electron chi connectivity index (χ1n) is 13.4. The van der Waals surface area contributed by atoms with Gasteiger partial charge in [0.15, 0.2) is 0 Å². The first kappa shape index (κ1) is 32.8. The zero-order valence-corrected chi connectivity index (χ0v) is 23.2. The summed E-state index contributed by atoms with van der Waals surface area (Å²) in [5.74, 6) is -2.03. The Hall–Kier alpha value is -4.44. The van der Waals surface area contributed by atoms with Gasteiger partial charge in [-0.25, -0.2) is 9.59 Å². The predicted octanol–water partition coefficient (Wildman–Crippen LogP) is 3.12. The van der Waals surface area contributed by atoms with Crippen LogP contribution >= 0.6 is 0 Å². The Morgan fingerprint density at radius 1 is 0.902 bits per heavy atom. The maximum absolute atomic E-state index is 13.0. The summed E-state index contributed by atoms with van der Waals surface area (Å²) in [4.78, 5) is 52.0. The molecular weight excluding hydrogens is 526 g/mol. The number of carbonyl (C=O) groups is 4. The maximum Gasteiger partial charge on any atom is 0.408 e. The molecule has 0 radical (unpaired) electrons. The molecule has 0 aliphatic rings. The summed E-state index contributed by atoms with van der Waals surface area (Å²) < 4.78 is 10.4. The van der Waals surface area contributed by atoms with Gasteiger partial charge in [-0.15, -0.1) is 13.2 Å². The van der Waals surface area contributed by atoms with Crippen LogP contribution in [0.4, 0.5) is 4.79 Å². The van der Waals surface area contributed by atoms with Crippen LogP contribution < -0.4 is 10.6 Å². The Labute approximate surface area is 241 Å². The van der Waals surface area contributed by atoms with E-state index in [2.05, 4.69) is 23.8 Å². The quantitative estimate of drug-likeness (QED) is 0.144. The SMILES string of the molecule is C=CCC(CC(=O)N(CCO)Cc1ccccc1)C(=O)NCCOC(=O)C(CC=C)NC(=O)OCc1ccccc1. The second kappa shape index (κ2) is 18.8. The Bertz CT molecular complexity index is 1130. The third-order valence-corrected chi connectivity index (χ3v) is 6.02. The van der Waals surface area contributed by atoms with Gasteiger partial charge in [0.1, 0.15) is 19.3 Å². The Morgan fingerprint density at radius 3 is 2.15 bits per heavy atom. The van der Waals surface area contributed by atoms with Crippen molar-refractivity contribution in [2.75, 3.05) is 26.3 Å². The van der Waals surface area contributed by atoms with Crippen LogP contribution in [-0.4, -0.2) is 66.2 Å². The Morgan fingerprint density at radius 2 is 1.54 bits per heavy atom. The lowest BCUT2D eigenvalue weighted by Crippen LogP contribution is -2.43. The van der Waals surface area contributed by atoms with E-state index in [1.165, 1.54) is 11.0 Å². The third-order valence-electron chi connectivity index (χ3n) is 6.02. The largest absolute Gasteiger partial charge is 0.462 e. The third kappa shape index (κ3) is 12.5. The lowest BCUT2D eigenvalue weighted by Gasteiger charge is -2.24. The number of allylic oxidation sites excluding steroid dienone is 1. The van der Waals surface area contributed by atoms with Gasteiger partial charge in [0, 0.05) is 19.5 Å². The van der Waals surface area contributed by atoms with Crippen molar-refractivity contribution in [2.45, 2.75) is 38.5 Å². The van der Waals surface area contributed by atoms with Crippen LogP contribution in [0, 0.1) is 5.92 Å². The van der Waals surface area contributed by atoms with Crippen LogP contribution in [0.25, 0.3) is 0 Å². The van der Waals surface area contributed by atoms with E-state index in [0.29, 0.717) is 6.54 Å². The number of rotatable bonds is 18. The van der Waals surface area contributed by atoms with Crippen LogP contribution in [-0.2, 0) is 37.0 Å². The number of benzene rings is 2. The lowest BCUT2D eigenvalue weighted by molar-refractivity contribution is -0.146. The minimum atomic E-state index is -1.00. The van der Waals surface area contributed by atoms with Crippen molar-refractivity contribution in [3.05, 3.63) is 97.1 Å². The molecule has 10 heteroatoms. The molecule has 3 amide bonds. The van der Waals surface area contributed by atoms with Gasteiger partial charge in [0.25, 0.3) is 0 Å². The van der Waals surface area contributed by atoms with E-state index < -0.39 is 24.0 Å². The van der Waals surface area contributed by atoms with Crippen molar-refractivity contribution in [2.24, 2.45) is 5.92 Å². The van der Waals surface area contributed by atoms with Crippen LogP contribution in [0.5, 0.6) is 0 Å². The van der Waals surface area contributed by atoms with Crippen molar-refractivity contribution in [3.8, 4) is 0 Å². The molecule has 0 saturated carbocycles. The summed E-state index contributed by atoms with van der Waals surface area (Å²) in [5, 5.41) is 14.6. The topological polar surface area (TPSA) is 134 Å². The monoisotopic (exact) mass is 565 g/mol. The number of nitrogens with zero attached hydrogens (tertiary/aromatic N) is 1. The minimum Gasteiger partial charge on any atom is -0.462 e. The van der Waals surface area contributed by atoms with Crippen LogP contribution in [0.15, 0.2) is 86.0 Å². The number of amides is 3. The minimum absolute atomic E-state index is 0.00996. The van der Waals surface area contributed by atoms with E-state index in [-0.39, 0.29) is 64.0 Å². The van der Waals surface area contributed by atoms with Crippen molar-refractivity contribution in [3.63, 3.8) is 0 Å². The second-order valence-electron chi connectivity index (χ2n) is 9.19. The fourth-order valence-electron chi connectivity index (χ4n) is 3.90. The van der Waals surface area contributed by atoms with Gasteiger partial charge in [0.05, 0.1) is 19.1 Å². The van der Waals surface area contributed by atoms with E-state index in [4.69, 9.17) is 9.47 Å². The number of carbonyl (C=O) groups excluding carboxylic acids is 4. The fraction of sp³-hybridized carbons (Fsp3) is 0.355. The highest BCUT2D eigenvalue weighted by molar-refractivity contribution is 5.86. The molecule has 0 aliphatic carbocycles. The number of ether oxygens (including phenoxy) is 2. The predicted molar refractivity (Wildman–Crippen MR) is 154 cm³/mol. The smallest absolute Gasteiger partial charge is 0.408 e. The van der Waals surface area contributed by atoms with Gasteiger partial charge in [-0.2, -0.15) is 0 Å². The first-order chi connectivity index (χ1) is 19.9. The molecule has 220 valence electrons. The number of aliphatic hydroxyl groups excluding tert-OH is 1. The molecule has 0 saturated heterocycles. The van der Waals surface area contributed by atoms with Gasteiger partial charge >= 0.3 is 12.1 Å². The number of hydrogen-bond acceptors (Lipinski definition) is 7. The molecule has 0 heterocycles. The molecule has 2 aromatic carbocycles. The number of aliphatic hydroxyl groups is 1. The zero-order chi connectivity index (χ0) is 29.9. The van der Waals surface area contributed by atoms with Gasteiger partial charge in [-0.05, 0) is 24.0 Å². The number of alkyl carbamates (subject to hydrolysis) is 1. The zero-order valence-electron chi connectivity index (χ0n) is 23.2. The number of nitrogens with one attached hydrogen (secondary N) is 2. The highest BCUT2D eigenvalue weighted by atomic mass is 16.6. The van der Waals surface area contributed by atoms with Gasteiger partial charge in [-0.1, -0.05) is 72.8 Å². The summed E-state index contributed by atoms with van der Waals surface area (Å²) in [6.07, 6.45) is 2.59. The van der Waals surface area contributed by atoms with Crippen LogP contribution in [0.1, 0.15) is 30.4 Å². The molecule has 41 heavy (non-hydrogen) atoms. The molecule has 0 fully saturated rings. The normalized spacial score (nSPS) is 11.8. The van der Waals surface area contributed by atoms with Crippen molar-refractivity contribution < 1.29 is 33.8 Å². The highest BCUT2D eigenvalue weighted by Crippen LogP contribution is 2.14. The van der Waals surface area contributed by atoms with E-state index in [0.717, 1.165) is 11.1 Å². The van der Waals surface area contributed by atoms with Crippen molar-refractivity contribution >= 4 is 23.9 Å². The standard InChI is InChI=1S/C31H39N3O7/c1-3-11-26(21-28(36)34(18-19-35)22-24-13-7-5-8-14-24)29(37)32-17-20-40-30(38)27(12-4-2)33-31(39)41-23-25-15-9-6-10-16-25/h3-10,13-16,26-27,35H,1-2,11-12,17-23H2,(H,32,37)(H,33,39). The Balaban J connectivity index is 1.81. The summed E-state index contributed by atoms with van der Waals surface area (Å²) in [5.41, 5.74) is 1.71. The van der Waals surface area contributed by atoms with Crippen LogP contribution in [0.3, 0.4) is 0 Å². The number of hydrogen-bond donors (Lipinski definition) is 3. The van der Waals surface area contributed by atoms with E-state index in [1.54, 1.807) is 6.08 Å². The molecule has 2 unspecified atom stereocenters. The summed E-state index contributed by atoms with van der Waals surface area (Å²) >= 11 is 0. The average Bonchev–Trinajstić information content (AvgIpc) is 2.98. The van der Waals surface area contributed by atoms with E-state index in [9.17, 15) is 24.3 Å². The summed E-state index contributed by atoms with van der Waals surface area (Å²) in [7, 11) is 0. The molecule has 2 atom stereocenters. The molecule has 3 N–H and O–H groups in total. The molecular formula is C31H39N3O7. The first-order valence-corrected chi connectivity index (χ1v) is 13.4. The van der Waals surface area contributed by atoms with Gasteiger partial charge < -0.3 is 30.1 Å². The summed E-state index contributed by atoms with van der Waals surface area (Å²) in [6, 6.07) is 17.5. The Kier molecular flexibility index (Phi) is 15.0. The molecule has 0 spiro atoms. The molecule has 0 aromatic heterocycles. The fourth-order valence-corrected chi connectivity index (χ4v) is 3.90. The van der Waals surface area contributed by atoms with Crippen molar-refractivity contribution in [1.82, 2.24) is 15.5 Å². The molecule has 2 aromatic rings.